The van der Waals surface area contributed by atoms with E-state index in [2.05, 4.69) is 10.4 Å². The van der Waals surface area contributed by atoms with Crippen LogP contribution in [0.25, 0.3) is 4.96 Å². The van der Waals surface area contributed by atoms with Crippen LogP contribution >= 0.6 is 11.3 Å². The topological polar surface area (TPSA) is 37.6 Å². The fourth-order valence-electron chi connectivity index (χ4n) is 2.60. The Morgan fingerprint density at radius 2 is 2.00 bits per heavy atom. The molecule has 1 aliphatic rings. The maximum absolute atomic E-state index is 12.6. The SMILES string of the molecule is Cc1nc2scc(C)n2c1C(=O)N1CCCCC1. The third-order valence-corrected chi connectivity index (χ3v) is 4.50. The van der Waals surface area contributed by atoms with Gasteiger partial charge in [0.25, 0.3) is 5.91 Å². The van der Waals surface area contributed by atoms with Gasteiger partial charge in [0, 0.05) is 24.2 Å². The fourth-order valence-corrected chi connectivity index (χ4v) is 3.51. The molecule has 0 unspecified atom stereocenters. The number of aryl methyl sites for hydroxylation is 2. The average molecular weight is 263 g/mol. The quantitative estimate of drug-likeness (QED) is 0.793. The van der Waals surface area contributed by atoms with Crippen LogP contribution in [0.15, 0.2) is 5.38 Å². The zero-order chi connectivity index (χ0) is 12.7. The van der Waals surface area contributed by atoms with E-state index in [-0.39, 0.29) is 5.91 Å². The molecule has 5 heteroatoms. The molecule has 2 aromatic rings. The first-order valence-electron chi connectivity index (χ1n) is 6.41. The van der Waals surface area contributed by atoms with E-state index in [9.17, 15) is 4.79 Å². The minimum absolute atomic E-state index is 0.140. The Morgan fingerprint density at radius 3 is 2.72 bits per heavy atom. The van der Waals surface area contributed by atoms with Gasteiger partial charge in [0.15, 0.2) is 4.96 Å². The summed E-state index contributed by atoms with van der Waals surface area (Å²) in [5.74, 6) is 0.140. The first-order valence-corrected chi connectivity index (χ1v) is 7.29. The van der Waals surface area contributed by atoms with Gasteiger partial charge in [-0.3, -0.25) is 9.20 Å². The van der Waals surface area contributed by atoms with Crippen molar-refractivity contribution < 1.29 is 4.79 Å². The van der Waals surface area contributed by atoms with E-state index in [1.54, 1.807) is 11.3 Å². The molecule has 0 radical (unpaired) electrons. The fraction of sp³-hybridized carbons (Fsp3) is 0.538. The Bertz CT molecular complexity index is 593. The van der Waals surface area contributed by atoms with Gasteiger partial charge >= 0.3 is 0 Å². The van der Waals surface area contributed by atoms with E-state index in [1.165, 1.54) is 6.42 Å². The van der Waals surface area contributed by atoms with Crippen LogP contribution in [-0.2, 0) is 0 Å². The van der Waals surface area contributed by atoms with Crippen LogP contribution in [0, 0.1) is 13.8 Å². The second-order valence-corrected chi connectivity index (χ2v) is 5.73. The summed E-state index contributed by atoms with van der Waals surface area (Å²) in [4.78, 5) is 20.0. The van der Waals surface area contributed by atoms with E-state index in [1.807, 2.05) is 23.1 Å². The van der Waals surface area contributed by atoms with Crippen LogP contribution in [0.3, 0.4) is 0 Å². The maximum Gasteiger partial charge on any atom is 0.272 e. The summed E-state index contributed by atoms with van der Waals surface area (Å²) >= 11 is 1.59. The van der Waals surface area contributed by atoms with E-state index in [0.717, 1.165) is 48.0 Å². The van der Waals surface area contributed by atoms with Crippen LogP contribution in [0.4, 0.5) is 0 Å². The molecule has 3 rings (SSSR count). The monoisotopic (exact) mass is 263 g/mol. The Balaban J connectivity index is 2.04. The third-order valence-electron chi connectivity index (χ3n) is 3.55. The summed E-state index contributed by atoms with van der Waals surface area (Å²) in [6.07, 6.45) is 3.48. The predicted molar refractivity (Wildman–Crippen MR) is 72.3 cm³/mol. The van der Waals surface area contributed by atoms with Crippen molar-refractivity contribution in [2.24, 2.45) is 0 Å². The van der Waals surface area contributed by atoms with Crippen LogP contribution in [0.1, 0.15) is 41.1 Å². The van der Waals surface area contributed by atoms with Crippen molar-refractivity contribution >= 4 is 22.2 Å². The molecule has 2 aromatic heterocycles. The largest absolute Gasteiger partial charge is 0.337 e. The molecule has 1 fully saturated rings. The number of aromatic nitrogens is 2. The van der Waals surface area contributed by atoms with Crippen LogP contribution < -0.4 is 0 Å². The highest BCUT2D eigenvalue weighted by Crippen LogP contribution is 2.22. The molecular weight excluding hydrogens is 246 g/mol. The summed E-state index contributed by atoms with van der Waals surface area (Å²) in [5.41, 5.74) is 2.70. The molecule has 3 heterocycles. The number of carbonyl (C=O) groups excluding carboxylic acids is 1. The zero-order valence-electron chi connectivity index (χ0n) is 10.8. The molecule has 0 aromatic carbocycles. The van der Waals surface area contributed by atoms with Gasteiger partial charge in [0.05, 0.1) is 5.69 Å². The lowest BCUT2D eigenvalue weighted by molar-refractivity contribution is 0.0716. The van der Waals surface area contributed by atoms with Gasteiger partial charge in [-0.25, -0.2) is 4.98 Å². The molecule has 0 spiro atoms. The van der Waals surface area contributed by atoms with Gasteiger partial charge in [0.1, 0.15) is 5.69 Å². The number of rotatable bonds is 1. The zero-order valence-corrected chi connectivity index (χ0v) is 11.6. The average Bonchev–Trinajstić information content (AvgIpc) is 2.89. The van der Waals surface area contributed by atoms with Crippen molar-refractivity contribution in [3.05, 3.63) is 22.5 Å². The third kappa shape index (κ3) is 1.73. The molecule has 1 aliphatic heterocycles. The van der Waals surface area contributed by atoms with Gasteiger partial charge < -0.3 is 4.90 Å². The highest BCUT2D eigenvalue weighted by molar-refractivity contribution is 7.15. The smallest absolute Gasteiger partial charge is 0.272 e. The van der Waals surface area contributed by atoms with E-state index >= 15 is 0 Å². The number of carbonyl (C=O) groups is 1. The molecule has 0 atom stereocenters. The van der Waals surface area contributed by atoms with Gasteiger partial charge in [-0.15, -0.1) is 11.3 Å². The number of thiazole rings is 1. The normalized spacial score (nSPS) is 16.4. The lowest BCUT2D eigenvalue weighted by Gasteiger charge is -2.26. The summed E-state index contributed by atoms with van der Waals surface area (Å²) in [6.45, 7) is 5.72. The Hall–Kier alpha value is -1.36. The second kappa shape index (κ2) is 4.39. The van der Waals surface area contributed by atoms with Crippen molar-refractivity contribution in [3.63, 3.8) is 0 Å². The molecule has 0 N–H and O–H groups in total. The number of hydrogen-bond acceptors (Lipinski definition) is 3. The molecule has 96 valence electrons. The van der Waals surface area contributed by atoms with Crippen molar-refractivity contribution in [1.29, 1.82) is 0 Å². The summed E-state index contributed by atoms with van der Waals surface area (Å²) in [7, 11) is 0. The highest BCUT2D eigenvalue weighted by Gasteiger charge is 2.24. The first-order chi connectivity index (χ1) is 8.68. The molecule has 0 aliphatic carbocycles. The van der Waals surface area contributed by atoms with Crippen LogP contribution in [0.2, 0.25) is 0 Å². The van der Waals surface area contributed by atoms with Gasteiger partial charge in [-0.2, -0.15) is 0 Å². The lowest BCUT2D eigenvalue weighted by Crippen LogP contribution is -2.36. The number of amides is 1. The second-order valence-electron chi connectivity index (χ2n) is 4.89. The van der Waals surface area contributed by atoms with Crippen molar-refractivity contribution in [2.45, 2.75) is 33.1 Å². The van der Waals surface area contributed by atoms with E-state index in [0.29, 0.717) is 0 Å². The lowest BCUT2D eigenvalue weighted by atomic mass is 10.1. The maximum atomic E-state index is 12.6. The number of likely N-dealkylation sites (tertiary alicyclic amines) is 1. The first kappa shape index (κ1) is 11.7. The van der Waals surface area contributed by atoms with Crippen LogP contribution in [-0.4, -0.2) is 33.3 Å². The van der Waals surface area contributed by atoms with Gasteiger partial charge in [0.2, 0.25) is 0 Å². The molecule has 1 amide bonds. The number of hydrogen-bond donors (Lipinski definition) is 0. The molecule has 4 nitrogen and oxygen atoms in total. The highest BCUT2D eigenvalue weighted by atomic mass is 32.1. The number of piperidine rings is 1. The molecule has 1 saturated heterocycles. The van der Waals surface area contributed by atoms with Gasteiger partial charge in [-0.05, 0) is 33.1 Å². The summed E-state index contributed by atoms with van der Waals surface area (Å²) in [5, 5.41) is 2.05. The van der Waals surface area contributed by atoms with Crippen molar-refractivity contribution in [3.8, 4) is 0 Å². The molecular formula is C13H17N3OS. The molecule has 18 heavy (non-hydrogen) atoms. The van der Waals surface area contributed by atoms with Gasteiger partial charge in [-0.1, -0.05) is 0 Å². The number of imidazole rings is 1. The molecule has 0 saturated carbocycles. The molecule has 0 bridgehead atoms. The minimum atomic E-state index is 0.140. The number of nitrogens with zero attached hydrogens (tertiary/aromatic N) is 3. The van der Waals surface area contributed by atoms with Crippen LogP contribution in [0.5, 0.6) is 0 Å². The standard InChI is InChI=1S/C13H17N3OS/c1-9-8-18-13-14-10(2)11(16(9)13)12(17)15-6-4-3-5-7-15/h8H,3-7H2,1-2H3. The Morgan fingerprint density at radius 1 is 1.28 bits per heavy atom. The number of fused-ring (bicyclic) bond motifs is 1. The Kier molecular flexibility index (Phi) is 2.86. The van der Waals surface area contributed by atoms with Crippen molar-refractivity contribution in [1.82, 2.24) is 14.3 Å². The predicted octanol–water partition coefficient (Wildman–Crippen LogP) is 2.64. The summed E-state index contributed by atoms with van der Waals surface area (Å²) < 4.78 is 2.00. The minimum Gasteiger partial charge on any atom is -0.337 e. The Labute approximate surface area is 110 Å². The van der Waals surface area contributed by atoms with E-state index < -0.39 is 0 Å². The summed E-state index contributed by atoms with van der Waals surface area (Å²) in [6, 6.07) is 0. The van der Waals surface area contributed by atoms with E-state index in [4.69, 9.17) is 0 Å². The van der Waals surface area contributed by atoms with Crippen molar-refractivity contribution in [2.75, 3.05) is 13.1 Å².